The van der Waals surface area contributed by atoms with Crippen LogP contribution in [0.2, 0.25) is 0 Å². The molecule has 0 radical (unpaired) electrons. The number of nitrogens with one attached hydrogen (secondary N) is 6. The van der Waals surface area contributed by atoms with Gasteiger partial charge in [0.15, 0.2) is 115 Å². The zero-order valence-corrected chi connectivity index (χ0v) is 59.8. The topological polar surface area (TPSA) is 579 Å². The summed E-state index contributed by atoms with van der Waals surface area (Å²) in [6, 6.07) is 42.6. The minimum absolute atomic E-state index is 0.0000901. The molecule has 0 aromatic heterocycles. The third kappa shape index (κ3) is 30.0. The highest BCUT2D eigenvalue weighted by Gasteiger charge is 2.16. The lowest BCUT2D eigenvalue weighted by Gasteiger charge is -2.08. The molecule has 0 aliphatic rings. The number of carbonyl (C=O) groups is 6. The first kappa shape index (κ1) is 86.4. The van der Waals surface area contributed by atoms with Gasteiger partial charge in [0.05, 0.1) is 6.42 Å². The summed E-state index contributed by atoms with van der Waals surface area (Å²) in [5.41, 5.74) is 6.20. The maximum atomic E-state index is 11.8. The van der Waals surface area contributed by atoms with Crippen molar-refractivity contribution in [2.45, 2.75) is 51.6 Å². The first-order valence-corrected chi connectivity index (χ1v) is 33.8. The quantitative estimate of drug-likeness (QED) is 0.0126. The molecule has 26 N–H and O–H groups in total. The highest BCUT2D eigenvalue weighted by molar-refractivity contribution is 6.35. The molecule has 0 fully saturated rings. The van der Waals surface area contributed by atoms with E-state index in [1.54, 1.807) is 36.4 Å². The standard InChI is InChI=1S/C17H19NO5.C17H17NO5.C16H16N2O6.C16H17NO5.C15H13NO5/c2*19-13-4-1-11(9-15(13)21)3-6-17(23)18-8-7-12-2-5-14(20)16(22)10-12;19-11-3-1-9(5-13(11)21)7-17-15(23)16(24)18-8-10-2-4-12(20)14(22)6-10;18-12-3-1-10(7-14(12)20)5-6-17-16(22)9-11-2-4-13(19)15(21)8-11;17-11-4-1-9(7-13(11)19)2-6-15(21)16-10-3-5-12(18)14(20)8-10/h1-2,4-5,9-10,19-22H,3,6-8H2,(H,18,23);1-6,9-10,19-22H,7-8H2,(H,18,23);1-6,19-22H,7-8H2,(H,17,23)(H,18,24);1-4,7-8,18-21H,5-6,9H2,(H,17,22);1-8,17-20H,(H,16,21)/b;6-3+;;;6-2+. The number of benzene rings is 10. The minimum Gasteiger partial charge on any atom is -0.504 e. The maximum Gasteiger partial charge on any atom is 0.309 e. The zero-order valence-electron chi connectivity index (χ0n) is 59.8. The van der Waals surface area contributed by atoms with Crippen molar-refractivity contribution in [1.29, 1.82) is 0 Å². The lowest BCUT2D eigenvalue weighted by atomic mass is 10.1. The average molecular weight is 1560 g/mol. The van der Waals surface area contributed by atoms with Crippen molar-refractivity contribution in [2.75, 3.05) is 25.0 Å². The molecule has 0 unspecified atom stereocenters. The number of phenols is 20. The summed E-state index contributed by atoms with van der Waals surface area (Å²) in [5, 5.41) is 201. The van der Waals surface area contributed by atoms with Gasteiger partial charge in [0.25, 0.3) is 0 Å². The number of amides is 6. The van der Waals surface area contributed by atoms with Crippen molar-refractivity contribution in [2.24, 2.45) is 0 Å². The van der Waals surface area contributed by atoms with Crippen LogP contribution in [-0.4, -0.2) is 157 Å². The highest BCUT2D eigenvalue weighted by atomic mass is 16.3. The van der Waals surface area contributed by atoms with Crippen LogP contribution in [0.3, 0.4) is 0 Å². The summed E-state index contributed by atoms with van der Waals surface area (Å²) < 4.78 is 0. The van der Waals surface area contributed by atoms with Crippen LogP contribution in [0, 0.1) is 0 Å². The van der Waals surface area contributed by atoms with Crippen molar-refractivity contribution < 1.29 is 131 Å². The number of rotatable bonds is 23. The van der Waals surface area contributed by atoms with Gasteiger partial charge in [-0.15, -0.1) is 0 Å². The van der Waals surface area contributed by atoms with E-state index in [0.29, 0.717) is 78.8 Å². The Morgan fingerprint density at radius 3 is 0.876 bits per heavy atom. The molecule has 10 aromatic rings. The number of hydrogen-bond donors (Lipinski definition) is 26. The normalized spacial score (nSPS) is 10.5. The first-order valence-electron chi connectivity index (χ1n) is 33.8. The summed E-state index contributed by atoms with van der Waals surface area (Å²) in [6.45, 7) is 1.17. The van der Waals surface area contributed by atoms with Crippen LogP contribution in [0.15, 0.2) is 194 Å². The molecule has 113 heavy (non-hydrogen) atoms. The molecule has 0 atom stereocenters. The van der Waals surface area contributed by atoms with Crippen LogP contribution < -0.4 is 31.9 Å². The van der Waals surface area contributed by atoms with E-state index >= 15 is 0 Å². The van der Waals surface area contributed by atoms with E-state index in [-0.39, 0.29) is 159 Å². The molecule has 10 aromatic carbocycles. The van der Waals surface area contributed by atoms with E-state index < -0.39 is 17.7 Å². The SMILES string of the molecule is O=C(/C=C/c1ccc(O)c(O)c1)NCCc1ccc(O)c(O)c1.O=C(/C=C/c1ccc(O)c(O)c1)Nc1ccc(O)c(O)c1.O=C(CCc1ccc(O)c(O)c1)NCCc1ccc(O)c(O)c1.O=C(Cc1ccc(O)c(O)c1)NCCc1ccc(O)c(O)c1.O=C(NCc1ccc(O)c(O)c1)C(=O)NCc1ccc(O)c(O)c1. The number of phenolic OH excluding ortho intramolecular Hbond substituents is 20. The van der Waals surface area contributed by atoms with Gasteiger partial charge in [0.1, 0.15) is 0 Å². The Morgan fingerprint density at radius 1 is 0.248 bits per heavy atom. The zero-order chi connectivity index (χ0) is 82.8. The smallest absolute Gasteiger partial charge is 0.309 e. The van der Waals surface area contributed by atoms with E-state index in [2.05, 4.69) is 31.9 Å². The van der Waals surface area contributed by atoms with Crippen molar-refractivity contribution in [3.8, 4) is 115 Å². The van der Waals surface area contributed by atoms with Gasteiger partial charge in [-0.3, -0.25) is 28.8 Å². The Morgan fingerprint density at radius 2 is 0.522 bits per heavy atom. The van der Waals surface area contributed by atoms with Crippen LogP contribution in [0.1, 0.15) is 56.5 Å². The molecule has 592 valence electrons. The molecule has 10 rings (SSSR count). The van der Waals surface area contributed by atoms with Gasteiger partial charge >= 0.3 is 11.8 Å². The molecule has 6 amide bonds. The fraction of sp³-hybridized carbons (Fsp3) is 0.136. The van der Waals surface area contributed by atoms with E-state index in [1.165, 1.54) is 170 Å². The molecule has 32 nitrogen and oxygen atoms in total. The molecular weight excluding hydrogens is 1470 g/mol. The molecule has 0 aliphatic heterocycles. The third-order valence-electron chi connectivity index (χ3n) is 15.7. The molecule has 0 spiro atoms. The summed E-state index contributed by atoms with van der Waals surface area (Å²) in [6.07, 6.45) is 7.90. The van der Waals surface area contributed by atoms with Gasteiger partial charge < -0.3 is 134 Å². The number of carbonyl (C=O) groups excluding carboxylic acids is 6. The number of anilines is 1. The minimum atomic E-state index is -0.870. The molecule has 0 bridgehead atoms. The summed E-state index contributed by atoms with van der Waals surface area (Å²) in [7, 11) is 0. The predicted octanol–water partition coefficient (Wildman–Crippen LogP) is 7.69. The lowest BCUT2D eigenvalue weighted by molar-refractivity contribution is -0.139. The van der Waals surface area contributed by atoms with Crippen LogP contribution in [-0.2, 0) is 74.0 Å². The second-order valence-electron chi connectivity index (χ2n) is 24.4. The molecule has 32 heteroatoms. The summed E-state index contributed by atoms with van der Waals surface area (Å²) in [4.78, 5) is 70.3. The lowest BCUT2D eigenvalue weighted by Crippen LogP contribution is -2.39. The molecule has 0 heterocycles. The Kier molecular flexibility index (Phi) is 32.7. The van der Waals surface area contributed by atoms with Gasteiger partial charge in [-0.25, -0.2) is 0 Å². The first-order chi connectivity index (χ1) is 53.7. The van der Waals surface area contributed by atoms with Crippen LogP contribution >= 0.6 is 0 Å². The Labute approximate surface area is 643 Å². The van der Waals surface area contributed by atoms with Gasteiger partial charge in [-0.05, 0) is 209 Å². The van der Waals surface area contributed by atoms with Crippen molar-refractivity contribution >= 4 is 53.3 Å². The van der Waals surface area contributed by atoms with Crippen LogP contribution in [0.25, 0.3) is 12.2 Å². The highest BCUT2D eigenvalue weighted by Crippen LogP contribution is 2.33. The maximum absolute atomic E-state index is 11.8. The average Bonchev–Trinajstić information content (AvgIpc) is 0.875. The summed E-state index contributed by atoms with van der Waals surface area (Å²) >= 11 is 0. The van der Waals surface area contributed by atoms with Gasteiger partial charge in [-0.1, -0.05) is 54.6 Å². The fourth-order valence-electron chi connectivity index (χ4n) is 9.55. The fourth-order valence-corrected chi connectivity index (χ4v) is 9.55. The van der Waals surface area contributed by atoms with E-state index in [0.717, 1.165) is 22.3 Å². The van der Waals surface area contributed by atoms with Gasteiger partial charge in [0.2, 0.25) is 23.6 Å². The van der Waals surface area contributed by atoms with Crippen molar-refractivity contribution in [3.63, 3.8) is 0 Å². The van der Waals surface area contributed by atoms with E-state index in [9.17, 15) is 121 Å². The summed E-state index contributed by atoms with van der Waals surface area (Å²) in [5.74, 6) is -7.59. The molecule has 0 saturated carbocycles. The predicted molar refractivity (Wildman–Crippen MR) is 410 cm³/mol. The number of aromatic hydroxyl groups is 20. The Balaban J connectivity index is 0.000000220. The van der Waals surface area contributed by atoms with Crippen molar-refractivity contribution in [3.05, 3.63) is 244 Å². The van der Waals surface area contributed by atoms with Crippen molar-refractivity contribution in [1.82, 2.24) is 26.6 Å². The van der Waals surface area contributed by atoms with Gasteiger partial charge in [-0.2, -0.15) is 0 Å². The second-order valence-corrected chi connectivity index (χ2v) is 24.4. The van der Waals surface area contributed by atoms with Crippen LogP contribution in [0.5, 0.6) is 115 Å². The molecule has 0 aliphatic carbocycles. The second kappa shape index (κ2) is 42.7. The largest absolute Gasteiger partial charge is 0.504 e. The van der Waals surface area contributed by atoms with Gasteiger partial charge in [0, 0.05) is 63.1 Å². The molecular formula is C81H82N6O26. The number of aryl methyl sites for hydroxylation is 1. The Bertz CT molecular complexity index is 4980. The Hall–Kier alpha value is -15.5. The third-order valence-corrected chi connectivity index (χ3v) is 15.7. The monoisotopic (exact) mass is 1550 g/mol. The number of hydrogen-bond acceptors (Lipinski definition) is 26. The van der Waals surface area contributed by atoms with E-state index in [4.69, 9.17) is 10.2 Å². The van der Waals surface area contributed by atoms with E-state index in [1.807, 2.05) is 0 Å². The van der Waals surface area contributed by atoms with Crippen LogP contribution in [0.4, 0.5) is 5.69 Å². The molecule has 0 saturated heterocycles.